The van der Waals surface area contributed by atoms with E-state index < -0.39 is 29.8 Å². The van der Waals surface area contributed by atoms with Crippen LogP contribution in [0.5, 0.6) is 0 Å². The Bertz CT molecular complexity index is 1010. The van der Waals surface area contributed by atoms with Gasteiger partial charge in [-0.2, -0.15) is 0 Å². The third-order valence-electron chi connectivity index (χ3n) is 6.38. The fraction of sp³-hybridized carbons (Fsp3) is 0.444. The molecule has 0 amide bonds. The van der Waals surface area contributed by atoms with Crippen molar-refractivity contribution in [3.8, 4) is 12.3 Å². The van der Waals surface area contributed by atoms with Gasteiger partial charge in [0, 0.05) is 0 Å². The molecule has 0 aromatic heterocycles. The summed E-state index contributed by atoms with van der Waals surface area (Å²) in [7, 11) is 1.60. The van der Waals surface area contributed by atoms with Crippen molar-refractivity contribution in [2.24, 2.45) is 5.92 Å². The molecule has 0 N–H and O–H groups in total. The molecule has 2 fully saturated rings. The average molecular weight is 529 g/mol. The Morgan fingerprint density at radius 3 is 2.47 bits per heavy atom. The van der Waals surface area contributed by atoms with E-state index in [0.717, 1.165) is 5.56 Å². The molecule has 0 aliphatic carbocycles. The van der Waals surface area contributed by atoms with Crippen LogP contribution in [0.25, 0.3) is 0 Å². The van der Waals surface area contributed by atoms with Crippen LogP contribution in [0.1, 0.15) is 32.3 Å². The number of hydrogen-bond donors (Lipinski definition) is 0. The molecule has 0 spiro atoms. The van der Waals surface area contributed by atoms with Gasteiger partial charge in [0.1, 0.15) is 0 Å². The molecule has 0 unspecified atom stereocenters. The summed E-state index contributed by atoms with van der Waals surface area (Å²) in [6.45, 7) is 3.49. The van der Waals surface area contributed by atoms with Gasteiger partial charge >= 0.3 is 208 Å². The molecular weight excluding hydrogens is 499 g/mol. The van der Waals surface area contributed by atoms with E-state index >= 15 is 0 Å². The summed E-state index contributed by atoms with van der Waals surface area (Å²) in [6, 6.07) is 20.1. The second-order valence-electron chi connectivity index (χ2n) is 8.70. The van der Waals surface area contributed by atoms with Gasteiger partial charge in [-0.15, -0.1) is 0 Å². The molecule has 0 saturated carbocycles. The summed E-state index contributed by atoms with van der Waals surface area (Å²) in [5.41, 5.74) is -1.14. The van der Waals surface area contributed by atoms with Gasteiger partial charge in [-0.1, -0.05) is 0 Å². The number of terminal acetylenes is 1. The Balaban J connectivity index is 1.70. The quantitative estimate of drug-likeness (QED) is 0.298. The predicted octanol–water partition coefficient (Wildman–Crippen LogP) is 3.01. The van der Waals surface area contributed by atoms with Crippen molar-refractivity contribution < 1.29 is 28.5 Å². The zero-order valence-electron chi connectivity index (χ0n) is 19.6. The molecule has 180 valence electrons. The number of rotatable bonds is 8. The Hall–Kier alpha value is -2.17. The fourth-order valence-corrected chi connectivity index (χ4v) is 7.00. The number of hydrogen-bond acceptors (Lipinski definition) is 6. The van der Waals surface area contributed by atoms with E-state index in [1.807, 2.05) is 48.5 Å². The molecule has 0 bridgehead atoms. The molecule has 0 radical (unpaired) electrons. The molecule has 2 aliphatic heterocycles. The summed E-state index contributed by atoms with van der Waals surface area (Å²) in [5.74, 6) is 1.96. The first kappa shape index (κ1) is 24.9. The van der Waals surface area contributed by atoms with Crippen LogP contribution in [0.2, 0.25) is 0 Å². The molecular formula is C27H30O6Se. The zero-order valence-corrected chi connectivity index (χ0v) is 21.4. The van der Waals surface area contributed by atoms with Crippen molar-refractivity contribution in [1.29, 1.82) is 0 Å². The van der Waals surface area contributed by atoms with Crippen molar-refractivity contribution in [3.63, 3.8) is 0 Å². The fourth-order valence-electron chi connectivity index (χ4n) is 4.77. The van der Waals surface area contributed by atoms with Crippen LogP contribution in [0, 0.1) is 18.3 Å². The van der Waals surface area contributed by atoms with E-state index in [1.54, 1.807) is 14.0 Å². The number of methoxy groups -OCH3 is 1. The normalized spacial score (nSPS) is 30.1. The third kappa shape index (κ3) is 5.23. The van der Waals surface area contributed by atoms with E-state index in [1.165, 1.54) is 11.4 Å². The molecule has 4 rings (SSSR count). The molecule has 2 aromatic rings. The first-order chi connectivity index (χ1) is 16.4. The summed E-state index contributed by atoms with van der Waals surface area (Å²) < 4.78 is 31.9. The Kier molecular flexibility index (Phi) is 7.79. The molecule has 6 nitrogen and oxygen atoms in total. The van der Waals surface area contributed by atoms with E-state index in [2.05, 4.69) is 18.1 Å². The van der Waals surface area contributed by atoms with Crippen LogP contribution < -0.4 is 4.46 Å². The van der Waals surface area contributed by atoms with Gasteiger partial charge in [-0.05, 0) is 0 Å². The number of fused-ring (bicyclic) bond motifs is 1. The minimum absolute atomic E-state index is 0.00858. The minimum atomic E-state index is -1.21. The number of carbonyl (C=O) groups excluding carboxylic acids is 1. The van der Waals surface area contributed by atoms with E-state index in [9.17, 15) is 4.79 Å². The number of ether oxygens (including phenoxy) is 5. The van der Waals surface area contributed by atoms with Crippen molar-refractivity contribution in [2.45, 2.75) is 62.1 Å². The molecule has 2 saturated heterocycles. The molecule has 2 heterocycles. The van der Waals surface area contributed by atoms with Crippen molar-refractivity contribution >= 4 is 25.4 Å². The maximum absolute atomic E-state index is 12.1. The van der Waals surface area contributed by atoms with Crippen LogP contribution in [-0.2, 0) is 35.1 Å². The monoisotopic (exact) mass is 530 g/mol. The van der Waals surface area contributed by atoms with Crippen LogP contribution in [0.4, 0.5) is 0 Å². The molecule has 7 heteroatoms. The van der Waals surface area contributed by atoms with Crippen molar-refractivity contribution in [1.82, 2.24) is 0 Å². The maximum atomic E-state index is 12.1. The standard InChI is InChI=1S/C27H30O6Se/c1-5-26(3,33-19(2)28)22-16-24(34-21-14-10-7-11-15-21)32-25-27(22,17-23(29-4)31-25)30-18-20-12-8-6-9-13-20/h1,6-15,22-25H,16-18H2,2-4H3/t22-,23+,24+,25+,26-,27+/m1/s1. The van der Waals surface area contributed by atoms with E-state index in [4.69, 9.17) is 30.1 Å². The molecule has 2 aromatic carbocycles. The van der Waals surface area contributed by atoms with Crippen LogP contribution in [-0.4, -0.2) is 56.8 Å². The van der Waals surface area contributed by atoms with Gasteiger partial charge in [-0.25, -0.2) is 0 Å². The molecule has 34 heavy (non-hydrogen) atoms. The Labute approximate surface area is 207 Å². The van der Waals surface area contributed by atoms with Crippen LogP contribution >= 0.6 is 0 Å². The van der Waals surface area contributed by atoms with Gasteiger partial charge in [0.05, 0.1) is 0 Å². The topological polar surface area (TPSA) is 63.2 Å². The second-order valence-corrected chi connectivity index (χ2v) is 11.3. The summed E-state index contributed by atoms with van der Waals surface area (Å²) >= 11 is -0.00858. The van der Waals surface area contributed by atoms with Gasteiger partial charge in [0.25, 0.3) is 0 Å². The first-order valence-electron chi connectivity index (χ1n) is 11.3. The number of benzene rings is 2. The van der Waals surface area contributed by atoms with Gasteiger partial charge in [-0.3, -0.25) is 0 Å². The SMILES string of the molecule is C#C[C@@](C)(OC(C)=O)[C@H]1C[C@H]([Se]c2ccccc2)O[C@@H]2O[C@H](OC)C[C@@]21OCc1ccccc1. The van der Waals surface area contributed by atoms with E-state index in [0.29, 0.717) is 19.4 Å². The third-order valence-corrected chi connectivity index (χ3v) is 8.72. The predicted molar refractivity (Wildman–Crippen MR) is 128 cm³/mol. The van der Waals surface area contributed by atoms with Gasteiger partial charge < -0.3 is 0 Å². The van der Waals surface area contributed by atoms with Crippen LogP contribution in [0.15, 0.2) is 60.7 Å². The summed E-state index contributed by atoms with van der Waals surface area (Å²) in [5, 5.41) is -0.141. The summed E-state index contributed by atoms with van der Waals surface area (Å²) in [6.07, 6.45) is 5.75. The van der Waals surface area contributed by atoms with Crippen molar-refractivity contribution in [2.75, 3.05) is 7.11 Å². The van der Waals surface area contributed by atoms with Crippen LogP contribution in [0.3, 0.4) is 0 Å². The Morgan fingerprint density at radius 2 is 1.85 bits per heavy atom. The van der Waals surface area contributed by atoms with Gasteiger partial charge in [0.15, 0.2) is 0 Å². The number of carbonyl (C=O) groups is 1. The molecule has 6 atom stereocenters. The summed E-state index contributed by atoms with van der Waals surface area (Å²) in [4.78, 5) is 12.1. The van der Waals surface area contributed by atoms with Gasteiger partial charge in [0.2, 0.25) is 0 Å². The van der Waals surface area contributed by atoms with Crippen molar-refractivity contribution in [3.05, 3.63) is 66.2 Å². The Morgan fingerprint density at radius 1 is 1.18 bits per heavy atom. The van der Waals surface area contributed by atoms with E-state index in [-0.39, 0.29) is 25.9 Å². The zero-order chi connectivity index (χ0) is 24.2. The molecule has 2 aliphatic rings. The second kappa shape index (κ2) is 10.6. The number of esters is 1. The first-order valence-corrected chi connectivity index (χ1v) is 13.1. The average Bonchev–Trinajstić information content (AvgIpc) is 3.22.